The number of nitrogens with one attached hydrogen (secondary N) is 2. The van der Waals surface area contributed by atoms with E-state index in [1.54, 1.807) is 7.11 Å². The van der Waals surface area contributed by atoms with Gasteiger partial charge >= 0.3 is 0 Å². The quantitative estimate of drug-likeness (QED) is 0.217. The van der Waals surface area contributed by atoms with Gasteiger partial charge in [-0.05, 0) is 38.9 Å². The molecule has 1 atom stereocenters. The fraction of sp³-hybridized carbons (Fsp3) is 0.944. The van der Waals surface area contributed by atoms with Crippen LogP contribution in [0.15, 0.2) is 4.99 Å². The van der Waals surface area contributed by atoms with E-state index in [4.69, 9.17) is 4.74 Å². The molecule has 0 heterocycles. The van der Waals surface area contributed by atoms with Crippen LogP contribution in [0, 0.1) is 5.41 Å². The number of guanidine groups is 1. The fourth-order valence-corrected chi connectivity index (χ4v) is 2.44. The standard InChI is InChI=1S/C18H40N4O.HI/c1-18(2,3)16(23-7)15-21-17(19-4)20-13-11-9-8-10-12-14-22(5)6;/h16H,8-15H2,1-7H3,(H2,19,20,21);1H. The van der Waals surface area contributed by atoms with Crippen LogP contribution in [0.25, 0.3) is 0 Å². The van der Waals surface area contributed by atoms with E-state index in [0.29, 0.717) is 0 Å². The zero-order valence-electron chi connectivity index (χ0n) is 16.9. The summed E-state index contributed by atoms with van der Waals surface area (Å²) in [7, 11) is 7.85. The monoisotopic (exact) mass is 456 g/mol. The van der Waals surface area contributed by atoms with Crippen LogP contribution in [0.1, 0.15) is 52.9 Å². The van der Waals surface area contributed by atoms with Crippen molar-refractivity contribution in [3.05, 3.63) is 0 Å². The Hall–Kier alpha value is -0.0800. The molecule has 0 radical (unpaired) electrons. The number of nitrogens with zero attached hydrogens (tertiary/aromatic N) is 2. The molecular weight excluding hydrogens is 415 g/mol. The summed E-state index contributed by atoms with van der Waals surface area (Å²) >= 11 is 0. The molecule has 0 rings (SSSR count). The van der Waals surface area contributed by atoms with Crippen molar-refractivity contribution in [1.82, 2.24) is 15.5 Å². The van der Waals surface area contributed by atoms with Crippen molar-refractivity contribution in [3.8, 4) is 0 Å². The van der Waals surface area contributed by atoms with Gasteiger partial charge in [0.2, 0.25) is 0 Å². The summed E-state index contributed by atoms with van der Waals surface area (Å²) in [4.78, 5) is 6.53. The zero-order chi connectivity index (χ0) is 17.7. The second-order valence-corrected chi connectivity index (χ2v) is 7.54. The van der Waals surface area contributed by atoms with Crippen LogP contribution >= 0.6 is 24.0 Å². The van der Waals surface area contributed by atoms with Crippen molar-refractivity contribution in [2.75, 3.05) is 47.9 Å². The molecule has 0 saturated carbocycles. The van der Waals surface area contributed by atoms with E-state index >= 15 is 0 Å². The minimum Gasteiger partial charge on any atom is -0.379 e. The molecule has 1 unspecified atom stereocenters. The highest BCUT2D eigenvalue weighted by Crippen LogP contribution is 2.20. The molecule has 0 aromatic rings. The first kappa shape index (κ1) is 26.2. The van der Waals surface area contributed by atoms with Crippen molar-refractivity contribution in [2.24, 2.45) is 10.4 Å². The SMILES string of the molecule is CN=C(NCCCCCCCN(C)C)NCC(OC)C(C)(C)C.I. The van der Waals surface area contributed by atoms with Crippen LogP contribution in [0.5, 0.6) is 0 Å². The van der Waals surface area contributed by atoms with Crippen molar-refractivity contribution in [1.29, 1.82) is 0 Å². The van der Waals surface area contributed by atoms with Crippen molar-refractivity contribution >= 4 is 29.9 Å². The number of rotatable bonds is 11. The van der Waals surface area contributed by atoms with Gasteiger partial charge in [0.15, 0.2) is 5.96 Å². The first-order chi connectivity index (χ1) is 10.8. The first-order valence-electron chi connectivity index (χ1n) is 8.93. The molecule has 146 valence electrons. The zero-order valence-corrected chi connectivity index (χ0v) is 19.3. The maximum absolute atomic E-state index is 5.56. The number of unbranched alkanes of at least 4 members (excludes halogenated alkanes) is 4. The van der Waals surface area contributed by atoms with E-state index in [0.717, 1.165) is 19.0 Å². The molecule has 0 aliphatic heterocycles. The third-order valence-corrected chi connectivity index (χ3v) is 4.00. The average Bonchev–Trinajstić information content (AvgIpc) is 2.46. The maximum Gasteiger partial charge on any atom is 0.191 e. The summed E-state index contributed by atoms with van der Waals surface area (Å²) < 4.78 is 5.56. The summed E-state index contributed by atoms with van der Waals surface area (Å²) in [5.74, 6) is 0.865. The van der Waals surface area contributed by atoms with Gasteiger partial charge in [0, 0.05) is 27.2 Å². The van der Waals surface area contributed by atoms with Crippen molar-refractivity contribution in [2.45, 2.75) is 59.0 Å². The van der Waals surface area contributed by atoms with Gasteiger partial charge in [0.05, 0.1) is 6.10 Å². The molecule has 0 amide bonds. The topological polar surface area (TPSA) is 48.9 Å². The van der Waals surface area contributed by atoms with Crippen LogP contribution in [-0.2, 0) is 4.74 Å². The average molecular weight is 456 g/mol. The van der Waals surface area contributed by atoms with E-state index in [2.05, 4.69) is 55.4 Å². The molecule has 0 bridgehead atoms. The van der Waals surface area contributed by atoms with Crippen molar-refractivity contribution < 1.29 is 4.74 Å². The van der Waals surface area contributed by atoms with Gasteiger partial charge in [0.25, 0.3) is 0 Å². The molecule has 0 spiro atoms. The Morgan fingerprint density at radius 1 is 1.04 bits per heavy atom. The predicted molar refractivity (Wildman–Crippen MR) is 117 cm³/mol. The molecule has 5 nitrogen and oxygen atoms in total. The van der Waals surface area contributed by atoms with E-state index in [-0.39, 0.29) is 35.5 Å². The Morgan fingerprint density at radius 3 is 2.12 bits per heavy atom. The lowest BCUT2D eigenvalue weighted by Crippen LogP contribution is -2.45. The number of methoxy groups -OCH3 is 1. The normalized spacial score (nSPS) is 13.6. The summed E-state index contributed by atoms with van der Waals surface area (Å²) in [6.45, 7) is 9.51. The molecule has 0 aliphatic carbocycles. The van der Waals surface area contributed by atoms with E-state index in [9.17, 15) is 0 Å². The molecule has 0 saturated heterocycles. The summed E-state index contributed by atoms with van der Waals surface area (Å²) in [5.41, 5.74) is 0.118. The lowest BCUT2D eigenvalue weighted by Gasteiger charge is -2.30. The number of hydrogen-bond acceptors (Lipinski definition) is 3. The van der Waals surface area contributed by atoms with Crippen LogP contribution in [0.4, 0.5) is 0 Å². The van der Waals surface area contributed by atoms with Gasteiger partial charge in [-0.1, -0.05) is 40.0 Å². The molecule has 2 N–H and O–H groups in total. The molecule has 6 heteroatoms. The molecule has 0 fully saturated rings. The smallest absolute Gasteiger partial charge is 0.191 e. The highest BCUT2D eigenvalue weighted by Gasteiger charge is 2.24. The number of ether oxygens (including phenoxy) is 1. The maximum atomic E-state index is 5.56. The summed E-state index contributed by atoms with van der Waals surface area (Å²) in [6, 6.07) is 0. The highest BCUT2D eigenvalue weighted by molar-refractivity contribution is 14.0. The van der Waals surface area contributed by atoms with E-state index < -0.39 is 0 Å². The van der Waals surface area contributed by atoms with Crippen LogP contribution in [-0.4, -0.2) is 64.9 Å². The molecular formula is C18H41IN4O. The van der Waals surface area contributed by atoms with Gasteiger partial charge in [0.1, 0.15) is 0 Å². The Bertz CT molecular complexity index is 317. The van der Waals surface area contributed by atoms with Gasteiger partial charge in [-0.2, -0.15) is 0 Å². The van der Waals surface area contributed by atoms with E-state index in [1.165, 1.54) is 38.6 Å². The van der Waals surface area contributed by atoms with Gasteiger partial charge in [-0.25, -0.2) is 0 Å². The molecule has 0 aliphatic rings. The minimum atomic E-state index is 0. The largest absolute Gasteiger partial charge is 0.379 e. The molecule has 0 aromatic carbocycles. The fourth-order valence-electron chi connectivity index (χ4n) is 2.44. The van der Waals surface area contributed by atoms with Gasteiger partial charge < -0.3 is 20.3 Å². The van der Waals surface area contributed by atoms with Crippen LogP contribution < -0.4 is 10.6 Å². The minimum absolute atomic E-state index is 0. The lowest BCUT2D eigenvalue weighted by molar-refractivity contribution is 0.0205. The van der Waals surface area contributed by atoms with E-state index in [1.807, 2.05) is 7.05 Å². The predicted octanol–water partition coefficient (Wildman–Crippen LogP) is 3.34. The van der Waals surface area contributed by atoms with Crippen LogP contribution in [0.3, 0.4) is 0 Å². The Morgan fingerprint density at radius 2 is 1.62 bits per heavy atom. The third kappa shape index (κ3) is 14.3. The Labute approximate surface area is 167 Å². The highest BCUT2D eigenvalue weighted by atomic mass is 127. The summed E-state index contributed by atoms with van der Waals surface area (Å²) in [5, 5.41) is 6.74. The van der Waals surface area contributed by atoms with Crippen LogP contribution in [0.2, 0.25) is 0 Å². The number of halogens is 1. The second-order valence-electron chi connectivity index (χ2n) is 7.54. The Kier molecular flexibility index (Phi) is 16.6. The molecule has 24 heavy (non-hydrogen) atoms. The number of aliphatic imine (C=N–C) groups is 1. The van der Waals surface area contributed by atoms with Gasteiger partial charge in [-0.15, -0.1) is 24.0 Å². The van der Waals surface area contributed by atoms with Gasteiger partial charge in [-0.3, -0.25) is 4.99 Å². The molecule has 0 aromatic heterocycles. The first-order valence-corrected chi connectivity index (χ1v) is 8.93. The second kappa shape index (κ2) is 15.2. The van der Waals surface area contributed by atoms with Crippen molar-refractivity contribution in [3.63, 3.8) is 0 Å². The Balaban J connectivity index is 0. The lowest BCUT2D eigenvalue weighted by atomic mass is 9.89. The summed E-state index contributed by atoms with van der Waals surface area (Å²) in [6.07, 6.45) is 6.58. The number of hydrogen-bond donors (Lipinski definition) is 2. The third-order valence-electron chi connectivity index (χ3n) is 4.00.